The Balaban J connectivity index is 2.22. The first-order chi connectivity index (χ1) is 6.77. The van der Waals surface area contributed by atoms with Gasteiger partial charge in [0.15, 0.2) is 0 Å². The minimum atomic E-state index is 0.704. The summed E-state index contributed by atoms with van der Waals surface area (Å²) in [6, 6.07) is 0.704. The Hall–Kier alpha value is -0.0800. The standard InChI is InChI=1S/C12H26N2/c1-4-8-14(10-12-6-7-12)11(3)9-13-5-2/h11-13H,4-10H2,1-3H3. The second-order valence-corrected chi connectivity index (χ2v) is 4.60. The van der Waals surface area contributed by atoms with E-state index < -0.39 is 0 Å². The van der Waals surface area contributed by atoms with Gasteiger partial charge in [-0.1, -0.05) is 13.8 Å². The molecule has 0 heterocycles. The summed E-state index contributed by atoms with van der Waals surface area (Å²) in [4.78, 5) is 2.65. The summed E-state index contributed by atoms with van der Waals surface area (Å²) in [6.45, 7) is 11.6. The molecule has 1 unspecified atom stereocenters. The average Bonchev–Trinajstić information content (AvgIpc) is 2.97. The minimum absolute atomic E-state index is 0.704. The Kier molecular flexibility index (Phi) is 5.49. The van der Waals surface area contributed by atoms with Crippen molar-refractivity contribution in [3.8, 4) is 0 Å². The number of rotatable bonds is 8. The number of nitrogens with zero attached hydrogens (tertiary/aromatic N) is 1. The van der Waals surface area contributed by atoms with Crippen molar-refractivity contribution in [2.45, 2.75) is 46.1 Å². The van der Waals surface area contributed by atoms with Crippen LogP contribution in [0.25, 0.3) is 0 Å². The van der Waals surface area contributed by atoms with Crippen molar-refractivity contribution < 1.29 is 0 Å². The molecule has 0 aliphatic heterocycles. The smallest absolute Gasteiger partial charge is 0.0192 e. The zero-order valence-corrected chi connectivity index (χ0v) is 10.1. The fourth-order valence-corrected chi connectivity index (χ4v) is 1.89. The molecule has 0 aromatic rings. The van der Waals surface area contributed by atoms with Crippen molar-refractivity contribution in [2.24, 2.45) is 5.92 Å². The molecule has 1 fully saturated rings. The normalized spacial score (nSPS) is 18.9. The molecule has 1 atom stereocenters. The molecule has 0 amide bonds. The van der Waals surface area contributed by atoms with Crippen LogP contribution in [0, 0.1) is 5.92 Å². The number of nitrogens with one attached hydrogen (secondary N) is 1. The third-order valence-electron chi connectivity index (χ3n) is 3.01. The fourth-order valence-electron chi connectivity index (χ4n) is 1.89. The van der Waals surface area contributed by atoms with Gasteiger partial charge in [0.05, 0.1) is 0 Å². The zero-order chi connectivity index (χ0) is 10.4. The van der Waals surface area contributed by atoms with Crippen LogP contribution < -0.4 is 5.32 Å². The molecule has 1 rings (SSSR count). The Morgan fingerprint density at radius 2 is 2.07 bits per heavy atom. The first kappa shape index (κ1) is 12.0. The molecule has 0 aromatic carbocycles. The molecule has 0 aromatic heterocycles. The minimum Gasteiger partial charge on any atom is -0.315 e. The Bertz CT molecular complexity index is 143. The van der Waals surface area contributed by atoms with Gasteiger partial charge in [0, 0.05) is 19.1 Å². The quantitative estimate of drug-likeness (QED) is 0.642. The lowest BCUT2D eigenvalue weighted by Gasteiger charge is -2.29. The third-order valence-corrected chi connectivity index (χ3v) is 3.01. The van der Waals surface area contributed by atoms with Crippen molar-refractivity contribution >= 4 is 0 Å². The number of hydrogen-bond donors (Lipinski definition) is 1. The number of likely N-dealkylation sites (N-methyl/N-ethyl adjacent to an activating group) is 1. The molecule has 1 aliphatic carbocycles. The lowest BCUT2D eigenvalue weighted by molar-refractivity contribution is 0.197. The zero-order valence-electron chi connectivity index (χ0n) is 10.1. The maximum atomic E-state index is 3.44. The van der Waals surface area contributed by atoms with E-state index in [1.807, 2.05) is 0 Å². The third kappa shape index (κ3) is 4.43. The highest BCUT2D eigenvalue weighted by Crippen LogP contribution is 2.30. The number of hydrogen-bond acceptors (Lipinski definition) is 2. The van der Waals surface area contributed by atoms with Crippen molar-refractivity contribution in [1.82, 2.24) is 10.2 Å². The summed E-state index contributed by atoms with van der Waals surface area (Å²) in [6.07, 6.45) is 4.21. The predicted molar refractivity (Wildman–Crippen MR) is 62.6 cm³/mol. The summed E-state index contributed by atoms with van der Waals surface area (Å²) >= 11 is 0. The molecule has 1 saturated carbocycles. The molecule has 0 radical (unpaired) electrons. The van der Waals surface area contributed by atoms with Crippen molar-refractivity contribution in [3.05, 3.63) is 0 Å². The van der Waals surface area contributed by atoms with Crippen LogP contribution in [-0.2, 0) is 0 Å². The van der Waals surface area contributed by atoms with Crippen LogP contribution in [0.2, 0.25) is 0 Å². The molecule has 0 spiro atoms. The highest BCUT2D eigenvalue weighted by molar-refractivity contribution is 4.80. The first-order valence-electron chi connectivity index (χ1n) is 6.22. The van der Waals surface area contributed by atoms with Gasteiger partial charge in [-0.3, -0.25) is 4.90 Å². The van der Waals surface area contributed by atoms with Crippen molar-refractivity contribution in [2.75, 3.05) is 26.2 Å². The van der Waals surface area contributed by atoms with E-state index in [0.29, 0.717) is 6.04 Å². The van der Waals surface area contributed by atoms with Crippen LogP contribution >= 0.6 is 0 Å². The van der Waals surface area contributed by atoms with Crippen LogP contribution in [0.5, 0.6) is 0 Å². The van der Waals surface area contributed by atoms with Gasteiger partial charge in [-0.05, 0) is 45.2 Å². The van der Waals surface area contributed by atoms with Gasteiger partial charge in [-0.15, -0.1) is 0 Å². The van der Waals surface area contributed by atoms with E-state index in [-0.39, 0.29) is 0 Å². The molecule has 2 heteroatoms. The molecular weight excluding hydrogens is 172 g/mol. The Labute approximate surface area is 89.1 Å². The molecule has 0 bridgehead atoms. The monoisotopic (exact) mass is 198 g/mol. The highest BCUT2D eigenvalue weighted by Gasteiger charge is 2.25. The van der Waals surface area contributed by atoms with Gasteiger partial charge < -0.3 is 5.32 Å². The lowest BCUT2D eigenvalue weighted by atomic mass is 10.2. The van der Waals surface area contributed by atoms with E-state index in [2.05, 4.69) is 31.0 Å². The summed E-state index contributed by atoms with van der Waals surface area (Å²) in [5.74, 6) is 1.02. The van der Waals surface area contributed by atoms with E-state index in [1.54, 1.807) is 0 Å². The lowest BCUT2D eigenvalue weighted by Crippen LogP contribution is -2.41. The van der Waals surface area contributed by atoms with Crippen LogP contribution in [0.1, 0.15) is 40.0 Å². The molecular formula is C12H26N2. The van der Waals surface area contributed by atoms with Gasteiger partial charge in [-0.2, -0.15) is 0 Å². The Morgan fingerprint density at radius 1 is 1.36 bits per heavy atom. The molecule has 1 N–H and O–H groups in total. The fraction of sp³-hybridized carbons (Fsp3) is 1.00. The molecule has 1 aliphatic rings. The van der Waals surface area contributed by atoms with Crippen LogP contribution in [0.4, 0.5) is 0 Å². The van der Waals surface area contributed by atoms with E-state index >= 15 is 0 Å². The summed E-state index contributed by atoms with van der Waals surface area (Å²) in [5, 5.41) is 3.44. The van der Waals surface area contributed by atoms with Crippen LogP contribution in [-0.4, -0.2) is 37.1 Å². The Morgan fingerprint density at radius 3 is 2.57 bits per heavy atom. The summed E-state index contributed by atoms with van der Waals surface area (Å²) < 4.78 is 0. The molecule has 2 nitrogen and oxygen atoms in total. The van der Waals surface area contributed by atoms with Gasteiger partial charge in [-0.25, -0.2) is 0 Å². The second kappa shape index (κ2) is 6.41. The van der Waals surface area contributed by atoms with Gasteiger partial charge in [0.1, 0.15) is 0 Å². The van der Waals surface area contributed by atoms with Crippen molar-refractivity contribution in [1.29, 1.82) is 0 Å². The van der Waals surface area contributed by atoms with E-state index in [4.69, 9.17) is 0 Å². The first-order valence-corrected chi connectivity index (χ1v) is 6.22. The molecule has 84 valence electrons. The van der Waals surface area contributed by atoms with Gasteiger partial charge in [0.25, 0.3) is 0 Å². The van der Waals surface area contributed by atoms with Gasteiger partial charge >= 0.3 is 0 Å². The molecule has 14 heavy (non-hydrogen) atoms. The van der Waals surface area contributed by atoms with Crippen molar-refractivity contribution in [3.63, 3.8) is 0 Å². The van der Waals surface area contributed by atoms with E-state index in [9.17, 15) is 0 Å². The second-order valence-electron chi connectivity index (χ2n) is 4.60. The molecule has 0 saturated heterocycles. The summed E-state index contributed by atoms with van der Waals surface area (Å²) in [5.41, 5.74) is 0. The van der Waals surface area contributed by atoms with Crippen LogP contribution in [0.15, 0.2) is 0 Å². The summed E-state index contributed by atoms with van der Waals surface area (Å²) in [7, 11) is 0. The highest BCUT2D eigenvalue weighted by atomic mass is 15.2. The largest absolute Gasteiger partial charge is 0.315 e. The topological polar surface area (TPSA) is 15.3 Å². The van der Waals surface area contributed by atoms with E-state index in [1.165, 1.54) is 32.4 Å². The average molecular weight is 198 g/mol. The van der Waals surface area contributed by atoms with Crippen LogP contribution in [0.3, 0.4) is 0 Å². The predicted octanol–water partition coefficient (Wildman–Crippen LogP) is 2.11. The maximum Gasteiger partial charge on any atom is 0.0192 e. The maximum absolute atomic E-state index is 3.44. The SMILES string of the molecule is CCCN(CC1CC1)C(C)CNCC. The van der Waals surface area contributed by atoms with Gasteiger partial charge in [0.2, 0.25) is 0 Å². The van der Waals surface area contributed by atoms with E-state index in [0.717, 1.165) is 19.0 Å².